The second-order valence-corrected chi connectivity index (χ2v) is 7.92. The lowest BCUT2D eigenvalue weighted by Crippen LogP contribution is -2.29. The molecule has 1 aromatic heterocycles. The van der Waals surface area contributed by atoms with Crippen molar-refractivity contribution in [3.05, 3.63) is 42.0 Å². The van der Waals surface area contributed by atoms with Crippen molar-refractivity contribution in [3.63, 3.8) is 0 Å². The third-order valence-electron chi connectivity index (χ3n) is 5.74. The lowest BCUT2D eigenvalue weighted by Gasteiger charge is -2.29. The molecular weight excluding hydrogens is 380 g/mol. The monoisotopic (exact) mass is 406 g/mol. The number of carbonyl (C=O) groups is 1. The Bertz CT molecular complexity index is 1060. The van der Waals surface area contributed by atoms with Gasteiger partial charge < -0.3 is 19.7 Å². The van der Waals surface area contributed by atoms with E-state index in [4.69, 9.17) is 9.47 Å². The third kappa shape index (κ3) is 3.92. The first-order valence-electron chi connectivity index (χ1n) is 10.7. The number of amides is 1. The Hall–Kier alpha value is -3.22. The quantitative estimate of drug-likeness (QED) is 0.632. The first-order valence-corrected chi connectivity index (χ1v) is 10.7. The highest BCUT2D eigenvalue weighted by Crippen LogP contribution is 2.33. The van der Waals surface area contributed by atoms with Gasteiger partial charge in [0.1, 0.15) is 18.1 Å². The molecule has 1 saturated heterocycles. The average molecular weight is 406 g/mol. The maximum Gasteiger partial charge on any atom is 0.407 e. The van der Waals surface area contributed by atoms with Crippen LogP contribution in [0.5, 0.6) is 5.75 Å². The number of nitrogens with one attached hydrogen (secondary N) is 2. The van der Waals surface area contributed by atoms with Crippen molar-refractivity contribution in [2.75, 3.05) is 31.1 Å². The van der Waals surface area contributed by atoms with Crippen molar-refractivity contribution >= 4 is 22.7 Å². The molecule has 2 N–H and O–H groups in total. The van der Waals surface area contributed by atoms with Gasteiger partial charge in [0.25, 0.3) is 0 Å². The molecule has 0 atom stereocenters. The average Bonchev–Trinajstić information content (AvgIpc) is 3.21. The van der Waals surface area contributed by atoms with E-state index in [0.717, 1.165) is 52.3 Å². The molecule has 156 valence electrons. The first kappa shape index (κ1) is 18.8. The number of piperidine rings is 1. The summed E-state index contributed by atoms with van der Waals surface area (Å²) in [5, 5.41) is 11.6. The van der Waals surface area contributed by atoms with E-state index in [0.29, 0.717) is 19.6 Å². The lowest BCUT2D eigenvalue weighted by molar-refractivity contribution is 0.139. The predicted octanol–water partition coefficient (Wildman–Crippen LogP) is 4.23. The fourth-order valence-corrected chi connectivity index (χ4v) is 4.18. The van der Waals surface area contributed by atoms with Crippen LogP contribution in [-0.2, 0) is 11.3 Å². The minimum atomic E-state index is -0.405. The molecular formula is C23H26N4O3. The number of carbonyl (C=O) groups excluding carboxylic acids is 1. The van der Waals surface area contributed by atoms with Crippen molar-refractivity contribution in [1.82, 2.24) is 15.5 Å². The van der Waals surface area contributed by atoms with Gasteiger partial charge in [0.2, 0.25) is 0 Å². The smallest absolute Gasteiger partial charge is 0.407 e. The zero-order valence-corrected chi connectivity index (χ0v) is 16.9. The number of benzene rings is 2. The number of anilines is 1. The van der Waals surface area contributed by atoms with Crippen molar-refractivity contribution < 1.29 is 14.3 Å². The van der Waals surface area contributed by atoms with Crippen LogP contribution < -0.4 is 15.0 Å². The molecule has 2 aliphatic rings. The molecule has 3 heterocycles. The van der Waals surface area contributed by atoms with Crippen LogP contribution in [0.15, 0.2) is 36.4 Å². The van der Waals surface area contributed by atoms with Gasteiger partial charge in [0.05, 0.1) is 12.1 Å². The van der Waals surface area contributed by atoms with E-state index in [2.05, 4.69) is 38.6 Å². The van der Waals surface area contributed by atoms with Crippen LogP contribution in [0.1, 0.15) is 31.2 Å². The molecule has 0 unspecified atom stereocenters. The molecule has 2 aliphatic heterocycles. The Morgan fingerprint density at radius 1 is 0.967 bits per heavy atom. The van der Waals surface area contributed by atoms with Gasteiger partial charge in [-0.2, -0.15) is 5.10 Å². The van der Waals surface area contributed by atoms with E-state index in [1.165, 1.54) is 19.3 Å². The van der Waals surface area contributed by atoms with E-state index < -0.39 is 6.09 Å². The molecule has 0 spiro atoms. The third-order valence-corrected chi connectivity index (χ3v) is 5.74. The number of rotatable bonds is 1. The van der Waals surface area contributed by atoms with Gasteiger partial charge in [-0.25, -0.2) is 4.79 Å². The van der Waals surface area contributed by atoms with E-state index >= 15 is 0 Å². The summed E-state index contributed by atoms with van der Waals surface area (Å²) in [7, 11) is 0. The highest BCUT2D eigenvalue weighted by Gasteiger charge is 2.17. The Labute approximate surface area is 175 Å². The highest BCUT2D eigenvalue weighted by atomic mass is 16.5. The number of aromatic amines is 1. The fourth-order valence-electron chi connectivity index (χ4n) is 4.18. The number of nitrogens with zero attached hydrogens (tertiary/aromatic N) is 2. The summed E-state index contributed by atoms with van der Waals surface area (Å²) in [4.78, 5) is 14.5. The predicted molar refractivity (Wildman–Crippen MR) is 116 cm³/mol. The van der Waals surface area contributed by atoms with Gasteiger partial charge in [-0.3, -0.25) is 5.10 Å². The molecule has 4 bridgehead atoms. The van der Waals surface area contributed by atoms with E-state index in [9.17, 15) is 4.79 Å². The second-order valence-electron chi connectivity index (χ2n) is 7.92. The number of hydrogen-bond donors (Lipinski definition) is 2. The van der Waals surface area contributed by atoms with E-state index in [1.54, 1.807) is 0 Å². The second kappa shape index (κ2) is 8.26. The van der Waals surface area contributed by atoms with Crippen LogP contribution in [0.3, 0.4) is 0 Å². The number of H-pyrrole nitrogens is 1. The van der Waals surface area contributed by atoms with Crippen LogP contribution >= 0.6 is 0 Å². The van der Waals surface area contributed by atoms with Crippen molar-refractivity contribution in [2.45, 2.75) is 32.3 Å². The molecule has 1 amide bonds. The van der Waals surface area contributed by atoms with Gasteiger partial charge in [-0.1, -0.05) is 0 Å². The first-order chi connectivity index (χ1) is 14.8. The van der Waals surface area contributed by atoms with E-state index in [1.807, 2.05) is 18.2 Å². The zero-order chi connectivity index (χ0) is 20.3. The number of aromatic nitrogens is 2. The normalized spacial score (nSPS) is 17.6. The number of cyclic esters (lactones) is 1. The fraction of sp³-hybridized carbons (Fsp3) is 0.391. The molecule has 7 heteroatoms. The van der Waals surface area contributed by atoms with Crippen molar-refractivity contribution in [2.24, 2.45) is 0 Å². The number of alkyl carbamates (subject to hydrolysis) is 1. The molecule has 2 aromatic carbocycles. The summed E-state index contributed by atoms with van der Waals surface area (Å²) >= 11 is 0. The molecule has 0 aliphatic carbocycles. The Balaban J connectivity index is 1.60. The van der Waals surface area contributed by atoms with Crippen LogP contribution in [0.2, 0.25) is 0 Å². The van der Waals surface area contributed by atoms with Crippen LogP contribution in [-0.4, -0.2) is 42.5 Å². The zero-order valence-electron chi connectivity index (χ0n) is 16.9. The van der Waals surface area contributed by atoms with Gasteiger partial charge >= 0.3 is 6.09 Å². The SMILES string of the molecule is O=C1NCCCOc2ccc3[nH]nc(c3c2)-c2cc(cc(N3CCCCC3)c2)CO1. The summed E-state index contributed by atoms with van der Waals surface area (Å²) in [5.74, 6) is 0.801. The molecule has 7 nitrogen and oxygen atoms in total. The number of ether oxygens (including phenoxy) is 2. The summed E-state index contributed by atoms with van der Waals surface area (Å²) in [6, 6.07) is 12.4. The van der Waals surface area contributed by atoms with Gasteiger partial charge in [0.15, 0.2) is 0 Å². The van der Waals surface area contributed by atoms with Crippen molar-refractivity contribution in [1.29, 1.82) is 0 Å². The Kier molecular flexibility index (Phi) is 5.17. The number of fused-ring (bicyclic) bond motifs is 4. The van der Waals surface area contributed by atoms with Gasteiger partial charge in [-0.15, -0.1) is 0 Å². The largest absolute Gasteiger partial charge is 0.494 e. The Morgan fingerprint density at radius 3 is 2.77 bits per heavy atom. The molecule has 30 heavy (non-hydrogen) atoms. The van der Waals surface area contributed by atoms with Gasteiger partial charge in [0, 0.05) is 36.3 Å². The summed E-state index contributed by atoms with van der Waals surface area (Å²) < 4.78 is 11.3. The molecule has 0 saturated carbocycles. The molecule has 3 aromatic rings. The van der Waals surface area contributed by atoms with Crippen LogP contribution in [0.4, 0.5) is 10.5 Å². The molecule has 5 rings (SSSR count). The summed E-state index contributed by atoms with van der Waals surface area (Å²) in [6.45, 7) is 3.35. The summed E-state index contributed by atoms with van der Waals surface area (Å²) in [5.41, 5.74) is 4.98. The lowest BCUT2D eigenvalue weighted by atomic mass is 10.0. The molecule has 1 fully saturated rings. The number of hydrogen-bond acceptors (Lipinski definition) is 5. The van der Waals surface area contributed by atoms with E-state index in [-0.39, 0.29) is 6.61 Å². The molecule has 0 radical (unpaired) electrons. The van der Waals surface area contributed by atoms with Crippen LogP contribution in [0, 0.1) is 0 Å². The maximum atomic E-state index is 12.1. The minimum absolute atomic E-state index is 0.227. The highest BCUT2D eigenvalue weighted by molar-refractivity contribution is 5.94. The topological polar surface area (TPSA) is 79.5 Å². The summed E-state index contributed by atoms with van der Waals surface area (Å²) in [6.07, 6.45) is 3.98. The Morgan fingerprint density at radius 2 is 1.87 bits per heavy atom. The minimum Gasteiger partial charge on any atom is -0.494 e. The van der Waals surface area contributed by atoms with Crippen LogP contribution in [0.25, 0.3) is 22.2 Å². The maximum absolute atomic E-state index is 12.1. The standard InChI is InChI=1S/C23H26N4O3/c28-23-24-7-4-10-29-19-5-6-21-20(14-19)22(26-25-21)17-11-16(15-30-23)12-18(13-17)27-8-2-1-3-9-27/h5-6,11-14H,1-4,7-10,15H2,(H,24,28)(H,25,26). The van der Waals surface area contributed by atoms with Crippen molar-refractivity contribution in [3.8, 4) is 17.0 Å². The van der Waals surface area contributed by atoms with Gasteiger partial charge in [-0.05, 0) is 67.6 Å².